The lowest BCUT2D eigenvalue weighted by molar-refractivity contribution is -0.131. The molecule has 3 rings (SSSR count). The van der Waals surface area contributed by atoms with Crippen molar-refractivity contribution < 1.29 is 9.59 Å². The maximum Gasteiger partial charge on any atom is 0.254 e. The van der Waals surface area contributed by atoms with Gasteiger partial charge < -0.3 is 4.90 Å². The van der Waals surface area contributed by atoms with Gasteiger partial charge in [0.15, 0.2) is 5.17 Å². The number of aliphatic imine (C=N–C) groups is 1. The van der Waals surface area contributed by atoms with Gasteiger partial charge in [-0.3, -0.25) is 19.5 Å². The molecule has 128 valence electrons. The molecule has 0 radical (unpaired) electrons. The fourth-order valence-electron chi connectivity index (χ4n) is 3.04. The van der Waals surface area contributed by atoms with E-state index in [1.807, 2.05) is 17.0 Å². The molecule has 7 heteroatoms. The monoisotopic (exact) mass is 365 g/mol. The third kappa shape index (κ3) is 3.59. The van der Waals surface area contributed by atoms with Gasteiger partial charge in [-0.2, -0.15) is 0 Å². The van der Waals surface area contributed by atoms with E-state index in [0.717, 1.165) is 19.4 Å². The number of halogens is 1. The minimum Gasteiger partial charge on any atom is -0.339 e. The number of thioether (sulfide) groups is 1. The second-order valence-electron chi connectivity index (χ2n) is 6.00. The van der Waals surface area contributed by atoms with Crippen LogP contribution in [0.2, 0.25) is 5.02 Å². The molecule has 1 fully saturated rings. The number of amides is 2. The normalized spacial score (nSPS) is 21.2. The van der Waals surface area contributed by atoms with Crippen molar-refractivity contribution in [3.8, 4) is 0 Å². The summed E-state index contributed by atoms with van der Waals surface area (Å²) >= 11 is 7.51. The van der Waals surface area contributed by atoms with E-state index < -0.39 is 0 Å². The Kier molecular flexibility index (Phi) is 5.46. The zero-order chi connectivity index (χ0) is 17.1. The predicted octanol–water partition coefficient (Wildman–Crippen LogP) is 3.18. The van der Waals surface area contributed by atoms with Gasteiger partial charge in [-0.1, -0.05) is 35.5 Å². The van der Waals surface area contributed by atoms with Gasteiger partial charge in [-0.15, -0.1) is 0 Å². The van der Waals surface area contributed by atoms with Crippen LogP contribution in [0.5, 0.6) is 0 Å². The highest BCUT2D eigenvalue weighted by Gasteiger charge is 2.30. The molecule has 1 atom stereocenters. The molecular formula is C17H20ClN3O2S. The summed E-state index contributed by atoms with van der Waals surface area (Å²) in [6.45, 7) is 3.01. The van der Waals surface area contributed by atoms with E-state index in [1.54, 1.807) is 12.1 Å². The summed E-state index contributed by atoms with van der Waals surface area (Å²) in [4.78, 5) is 32.4. The molecule has 2 aliphatic heterocycles. The predicted molar refractivity (Wildman–Crippen MR) is 98.7 cm³/mol. The second-order valence-corrected chi connectivity index (χ2v) is 7.35. The SMILES string of the molecule is C[C@@H]1CCCCN1C(=O)CSC1=NCC(=O)N1c1ccccc1Cl. The highest BCUT2D eigenvalue weighted by atomic mass is 35.5. The molecule has 2 amide bonds. The number of amidine groups is 1. The third-order valence-electron chi connectivity index (χ3n) is 4.33. The number of nitrogens with zero attached hydrogens (tertiary/aromatic N) is 3. The van der Waals surface area contributed by atoms with Crippen LogP contribution in [0.15, 0.2) is 29.3 Å². The molecule has 0 saturated carbocycles. The summed E-state index contributed by atoms with van der Waals surface area (Å²) in [5, 5.41) is 1.04. The molecule has 0 aromatic heterocycles. The van der Waals surface area contributed by atoms with E-state index in [1.165, 1.54) is 23.1 Å². The molecule has 24 heavy (non-hydrogen) atoms. The van der Waals surface area contributed by atoms with Crippen LogP contribution in [0.4, 0.5) is 5.69 Å². The fraction of sp³-hybridized carbons (Fsp3) is 0.471. The van der Waals surface area contributed by atoms with Crippen LogP contribution in [0, 0.1) is 0 Å². The van der Waals surface area contributed by atoms with Crippen LogP contribution in [-0.2, 0) is 9.59 Å². The van der Waals surface area contributed by atoms with Crippen molar-refractivity contribution in [3.05, 3.63) is 29.3 Å². The average Bonchev–Trinajstić information content (AvgIpc) is 2.94. The minimum atomic E-state index is -0.121. The molecule has 1 saturated heterocycles. The van der Waals surface area contributed by atoms with Gasteiger partial charge in [-0.05, 0) is 38.3 Å². The van der Waals surface area contributed by atoms with Crippen molar-refractivity contribution in [2.24, 2.45) is 4.99 Å². The van der Waals surface area contributed by atoms with Crippen molar-refractivity contribution in [3.63, 3.8) is 0 Å². The Balaban J connectivity index is 1.67. The first-order valence-corrected chi connectivity index (χ1v) is 9.48. The number of likely N-dealkylation sites (tertiary alicyclic amines) is 1. The molecule has 2 heterocycles. The fourth-order valence-corrected chi connectivity index (χ4v) is 4.17. The minimum absolute atomic E-state index is 0.0991. The number of rotatable bonds is 3. The number of carbonyl (C=O) groups excluding carboxylic acids is 2. The van der Waals surface area contributed by atoms with Crippen LogP contribution >= 0.6 is 23.4 Å². The molecule has 1 aromatic carbocycles. The zero-order valence-corrected chi connectivity index (χ0v) is 15.1. The van der Waals surface area contributed by atoms with E-state index in [0.29, 0.717) is 21.9 Å². The van der Waals surface area contributed by atoms with Gasteiger partial charge in [0.2, 0.25) is 5.91 Å². The number of piperidine rings is 1. The molecule has 2 aliphatic rings. The maximum atomic E-state index is 12.5. The van der Waals surface area contributed by atoms with E-state index in [4.69, 9.17) is 11.6 Å². The second kappa shape index (κ2) is 7.57. The Hall–Kier alpha value is -1.53. The molecule has 0 N–H and O–H groups in total. The van der Waals surface area contributed by atoms with Crippen molar-refractivity contribution in [2.75, 3.05) is 23.7 Å². The highest BCUT2D eigenvalue weighted by molar-refractivity contribution is 8.14. The van der Waals surface area contributed by atoms with Gasteiger partial charge >= 0.3 is 0 Å². The van der Waals surface area contributed by atoms with E-state index in [-0.39, 0.29) is 24.1 Å². The number of para-hydroxylation sites is 1. The van der Waals surface area contributed by atoms with Gasteiger partial charge in [0.1, 0.15) is 6.54 Å². The average molecular weight is 366 g/mol. The molecule has 1 aromatic rings. The Morgan fingerprint density at radius 3 is 2.92 bits per heavy atom. The van der Waals surface area contributed by atoms with E-state index >= 15 is 0 Å². The van der Waals surface area contributed by atoms with Crippen molar-refractivity contribution >= 4 is 46.0 Å². The topological polar surface area (TPSA) is 53.0 Å². The number of hydrogen-bond acceptors (Lipinski definition) is 4. The third-order valence-corrected chi connectivity index (χ3v) is 5.61. The summed E-state index contributed by atoms with van der Waals surface area (Å²) < 4.78 is 0. The first-order valence-electron chi connectivity index (χ1n) is 8.12. The van der Waals surface area contributed by atoms with Crippen LogP contribution in [0.25, 0.3) is 0 Å². The van der Waals surface area contributed by atoms with Crippen LogP contribution in [-0.4, -0.2) is 46.8 Å². The Bertz CT molecular complexity index is 680. The van der Waals surface area contributed by atoms with Crippen molar-refractivity contribution in [2.45, 2.75) is 32.2 Å². The molecule has 0 bridgehead atoms. The molecule has 5 nitrogen and oxygen atoms in total. The van der Waals surface area contributed by atoms with Crippen molar-refractivity contribution in [1.82, 2.24) is 4.90 Å². The molecule has 0 spiro atoms. The standard InChI is InChI=1S/C17H20ClN3O2S/c1-12-6-4-5-9-20(12)16(23)11-24-17-19-10-15(22)21(17)14-8-3-2-7-13(14)18/h2-3,7-8,12H,4-6,9-11H2,1H3/t12-/m1/s1. The van der Waals surface area contributed by atoms with E-state index in [2.05, 4.69) is 11.9 Å². The smallest absolute Gasteiger partial charge is 0.254 e. The van der Waals surface area contributed by atoms with Crippen LogP contribution < -0.4 is 4.90 Å². The summed E-state index contributed by atoms with van der Waals surface area (Å²) in [7, 11) is 0. The number of anilines is 1. The largest absolute Gasteiger partial charge is 0.339 e. The van der Waals surface area contributed by atoms with E-state index in [9.17, 15) is 9.59 Å². The van der Waals surface area contributed by atoms with Crippen molar-refractivity contribution in [1.29, 1.82) is 0 Å². The number of carbonyl (C=O) groups is 2. The Labute approximate surface area is 151 Å². The Morgan fingerprint density at radius 1 is 1.38 bits per heavy atom. The molecule has 0 unspecified atom stereocenters. The number of hydrogen-bond donors (Lipinski definition) is 0. The lowest BCUT2D eigenvalue weighted by Crippen LogP contribution is -2.43. The maximum absolute atomic E-state index is 12.5. The van der Waals surface area contributed by atoms with Gasteiger partial charge in [-0.25, -0.2) is 0 Å². The summed E-state index contributed by atoms with van der Waals surface area (Å²) in [6.07, 6.45) is 3.30. The first kappa shape index (κ1) is 17.3. The summed E-state index contributed by atoms with van der Waals surface area (Å²) in [6, 6.07) is 7.47. The van der Waals surface area contributed by atoms with Gasteiger partial charge in [0, 0.05) is 12.6 Å². The highest BCUT2D eigenvalue weighted by Crippen LogP contribution is 2.30. The van der Waals surface area contributed by atoms with Gasteiger partial charge in [0.05, 0.1) is 16.5 Å². The van der Waals surface area contributed by atoms with Gasteiger partial charge in [0.25, 0.3) is 5.91 Å². The molecule has 0 aliphatic carbocycles. The summed E-state index contributed by atoms with van der Waals surface area (Å²) in [5.74, 6) is 0.273. The van der Waals surface area contributed by atoms with Crippen LogP contribution in [0.3, 0.4) is 0 Å². The lowest BCUT2D eigenvalue weighted by atomic mass is 10.0. The zero-order valence-electron chi connectivity index (χ0n) is 13.6. The molecular weight excluding hydrogens is 346 g/mol. The lowest BCUT2D eigenvalue weighted by Gasteiger charge is -2.33. The first-order chi connectivity index (χ1) is 11.6. The summed E-state index contributed by atoms with van der Waals surface area (Å²) in [5.41, 5.74) is 0.617. The number of benzene rings is 1. The van der Waals surface area contributed by atoms with Crippen LogP contribution in [0.1, 0.15) is 26.2 Å². The Morgan fingerprint density at radius 2 is 2.17 bits per heavy atom. The quantitative estimate of drug-likeness (QED) is 0.826.